The van der Waals surface area contributed by atoms with Crippen LogP contribution >= 0.6 is 23.4 Å². The summed E-state index contributed by atoms with van der Waals surface area (Å²) in [5, 5.41) is 9.82. The first kappa shape index (κ1) is 10.2. The summed E-state index contributed by atoms with van der Waals surface area (Å²) in [7, 11) is 0. The number of halogens is 1. The SMILES string of the molecule is Clc1ccc(SC2CCOCC2)nn1. The van der Waals surface area contributed by atoms with Gasteiger partial charge < -0.3 is 4.74 Å². The maximum absolute atomic E-state index is 5.65. The van der Waals surface area contributed by atoms with E-state index in [1.807, 2.05) is 6.07 Å². The van der Waals surface area contributed by atoms with Crippen LogP contribution in [0.2, 0.25) is 5.15 Å². The highest BCUT2D eigenvalue weighted by Gasteiger charge is 2.15. The zero-order valence-electron chi connectivity index (χ0n) is 7.65. The monoisotopic (exact) mass is 230 g/mol. The van der Waals surface area contributed by atoms with Gasteiger partial charge in [0.15, 0.2) is 5.15 Å². The largest absolute Gasteiger partial charge is 0.381 e. The molecule has 14 heavy (non-hydrogen) atoms. The van der Waals surface area contributed by atoms with Crippen molar-refractivity contribution in [2.75, 3.05) is 13.2 Å². The third-order valence-electron chi connectivity index (χ3n) is 2.06. The minimum atomic E-state index is 0.446. The molecule has 0 radical (unpaired) electrons. The molecule has 0 saturated carbocycles. The van der Waals surface area contributed by atoms with Crippen molar-refractivity contribution in [2.45, 2.75) is 23.1 Å². The average Bonchev–Trinajstić information content (AvgIpc) is 2.23. The molecule has 1 aromatic heterocycles. The van der Waals surface area contributed by atoms with E-state index in [0.717, 1.165) is 31.1 Å². The van der Waals surface area contributed by atoms with E-state index in [4.69, 9.17) is 16.3 Å². The van der Waals surface area contributed by atoms with Crippen LogP contribution in [0.15, 0.2) is 17.2 Å². The van der Waals surface area contributed by atoms with Crippen molar-refractivity contribution in [3.63, 3.8) is 0 Å². The van der Waals surface area contributed by atoms with Gasteiger partial charge in [-0.2, -0.15) is 0 Å². The molecule has 3 nitrogen and oxygen atoms in total. The van der Waals surface area contributed by atoms with Crippen LogP contribution in [0.1, 0.15) is 12.8 Å². The van der Waals surface area contributed by atoms with Crippen molar-refractivity contribution in [1.29, 1.82) is 0 Å². The van der Waals surface area contributed by atoms with Crippen LogP contribution in [0.3, 0.4) is 0 Å². The summed E-state index contributed by atoms with van der Waals surface area (Å²) >= 11 is 7.41. The zero-order valence-corrected chi connectivity index (χ0v) is 9.22. The summed E-state index contributed by atoms with van der Waals surface area (Å²) < 4.78 is 5.29. The quantitative estimate of drug-likeness (QED) is 0.782. The molecular formula is C9H11ClN2OS. The molecule has 1 fully saturated rings. The lowest BCUT2D eigenvalue weighted by Crippen LogP contribution is -2.17. The highest BCUT2D eigenvalue weighted by molar-refractivity contribution is 7.99. The summed E-state index contributed by atoms with van der Waals surface area (Å²) in [5.74, 6) is 0. The fourth-order valence-electron chi connectivity index (χ4n) is 1.33. The summed E-state index contributed by atoms with van der Waals surface area (Å²) in [4.78, 5) is 0. The molecule has 0 aliphatic carbocycles. The van der Waals surface area contributed by atoms with Gasteiger partial charge in [-0.3, -0.25) is 0 Å². The van der Waals surface area contributed by atoms with Crippen LogP contribution in [0.5, 0.6) is 0 Å². The summed E-state index contributed by atoms with van der Waals surface area (Å²) in [6.07, 6.45) is 2.18. The Balaban J connectivity index is 1.92. The Morgan fingerprint density at radius 1 is 1.29 bits per heavy atom. The maximum Gasteiger partial charge on any atom is 0.151 e. The molecule has 0 amide bonds. The van der Waals surface area contributed by atoms with Crippen LogP contribution in [-0.2, 0) is 4.74 Å². The predicted molar refractivity (Wildman–Crippen MR) is 56.7 cm³/mol. The fourth-order valence-corrected chi connectivity index (χ4v) is 2.44. The number of thioether (sulfide) groups is 1. The van der Waals surface area contributed by atoms with Crippen molar-refractivity contribution in [1.82, 2.24) is 10.2 Å². The normalized spacial score (nSPS) is 18.4. The topological polar surface area (TPSA) is 35.0 Å². The third-order valence-corrected chi connectivity index (χ3v) is 3.53. The lowest BCUT2D eigenvalue weighted by molar-refractivity contribution is 0.1000. The van der Waals surface area contributed by atoms with Crippen molar-refractivity contribution < 1.29 is 4.74 Å². The first-order valence-electron chi connectivity index (χ1n) is 4.58. The number of hydrogen-bond donors (Lipinski definition) is 0. The molecule has 1 aliphatic heterocycles. The smallest absolute Gasteiger partial charge is 0.151 e. The molecule has 1 aliphatic rings. The molecule has 2 rings (SSSR count). The molecule has 2 heterocycles. The molecular weight excluding hydrogens is 220 g/mol. The molecule has 0 aromatic carbocycles. The van der Waals surface area contributed by atoms with Crippen LogP contribution in [0.25, 0.3) is 0 Å². The minimum absolute atomic E-state index is 0.446. The van der Waals surface area contributed by atoms with Gasteiger partial charge in [-0.15, -0.1) is 22.0 Å². The van der Waals surface area contributed by atoms with Gasteiger partial charge >= 0.3 is 0 Å². The number of aromatic nitrogens is 2. The van der Waals surface area contributed by atoms with Crippen molar-refractivity contribution in [3.8, 4) is 0 Å². The molecule has 1 saturated heterocycles. The van der Waals surface area contributed by atoms with E-state index in [2.05, 4.69) is 10.2 Å². The Bertz CT molecular complexity index is 287. The minimum Gasteiger partial charge on any atom is -0.381 e. The van der Waals surface area contributed by atoms with Crippen molar-refractivity contribution >= 4 is 23.4 Å². The molecule has 5 heteroatoms. The van der Waals surface area contributed by atoms with Crippen LogP contribution < -0.4 is 0 Å². The molecule has 1 aromatic rings. The number of nitrogens with zero attached hydrogens (tertiary/aromatic N) is 2. The summed E-state index contributed by atoms with van der Waals surface area (Å²) in [5.41, 5.74) is 0. The van der Waals surface area contributed by atoms with E-state index < -0.39 is 0 Å². The Hall–Kier alpha value is -0.320. The highest BCUT2D eigenvalue weighted by Crippen LogP contribution is 2.27. The second kappa shape index (κ2) is 4.96. The van der Waals surface area contributed by atoms with Gasteiger partial charge in [0.25, 0.3) is 0 Å². The Morgan fingerprint density at radius 2 is 2.07 bits per heavy atom. The molecule has 76 valence electrons. The van der Waals surface area contributed by atoms with Crippen molar-refractivity contribution in [3.05, 3.63) is 17.3 Å². The molecule has 0 N–H and O–H groups in total. The van der Waals surface area contributed by atoms with Gasteiger partial charge in [0.05, 0.1) is 0 Å². The van der Waals surface area contributed by atoms with E-state index in [9.17, 15) is 0 Å². The molecule has 0 unspecified atom stereocenters. The van der Waals surface area contributed by atoms with Gasteiger partial charge in [-0.1, -0.05) is 11.6 Å². The summed E-state index contributed by atoms with van der Waals surface area (Å²) in [6.45, 7) is 1.72. The van der Waals surface area contributed by atoms with Gasteiger partial charge in [0.1, 0.15) is 5.03 Å². The lowest BCUT2D eigenvalue weighted by atomic mass is 10.2. The van der Waals surface area contributed by atoms with Crippen LogP contribution in [0.4, 0.5) is 0 Å². The number of rotatable bonds is 2. The van der Waals surface area contributed by atoms with E-state index in [1.165, 1.54) is 0 Å². The van der Waals surface area contributed by atoms with Gasteiger partial charge in [-0.05, 0) is 25.0 Å². The summed E-state index contributed by atoms with van der Waals surface area (Å²) in [6, 6.07) is 3.69. The number of ether oxygens (including phenoxy) is 1. The Morgan fingerprint density at radius 3 is 2.71 bits per heavy atom. The predicted octanol–water partition coefficient (Wildman–Crippen LogP) is 2.40. The number of hydrogen-bond acceptors (Lipinski definition) is 4. The molecule has 0 atom stereocenters. The van der Waals surface area contributed by atoms with Crippen LogP contribution in [-0.4, -0.2) is 28.7 Å². The highest BCUT2D eigenvalue weighted by atomic mass is 35.5. The molecule has 0 spiro atoms. The van der Waals surface area contributed by atoms with E-state index in [1.54, 1.807) is 17.8 Å². The zero-order chi connectivity index (χ0) is 9.80. The van der Waals surface area contributed by atoms with Gasteiger partial charge in [0, 0.05) is 18.5 Å². The van der Waals surface area contributed by atoms with Gasteiger partial charge in [-0.25, -0.2) is 0 Å². The third kappa shape index (κ3) is 2.83. The first-order chi connectivity index (χ1) is 6.84. The lowest BCUT2D eigenvalue weighted by Gasteiger charge is -2.20. The van der Waals surface area contributed by atoms with E-state index in [0.29, 0.717) is 10.4 Å². The maximum atomic E-state index is 5.65. The van der Waals surface area contributed by atoms with Gasteiger partial charge in [0.2, 0.25) is 0 Å². The Kier molecular flexibility index (Phi) is 3.61. The second-order valence-electron chi connectivity index (χ2n) is 3.12. The van der Waals surface area contributed by atoms with Crippen molar-refractivity contribution in [2.24, 2.45) is 0 Å². The average molecular weight is 231 g/mol. The van der Waals surface area contributed by atoms with E-state index >= 15 is 0 Å². The molecule has 0 bridgehead atoms. The van der Waals surface area contributed by atoms with Crippen LogP contribution in [0, 0.1) is 0 Å². The Labute approximate surface area is 92.2 Å². The standard InChI is InChI=1S/C9H11ClN2OS/c10-8-1-2-9(12-11-8)14-7-3-5-13-6-4-7/h1-2,7H,3-6H2. The first-order valence-corrected chi connectivity index (χ1v) is 5.84. The fraction of sp³-hybridized carbons (Fsp3) is 0.556. The second-order valence-corrected chi connectivity index (χ2v) is 4.83. The van der Waals surface area contributed by atoms with E-state index in [-0.39, 0.29) is 0 Å².